The van der Waals surface area contributed by atoms with Gasteiger partial charge in [0.15, 0.2) is 5.79 Å². The minimum absolute atomic E-state index is 0.0168. The van der Waals surface area contributed by atoms with Gasteiger partial charge >= 0.3 is 0 Å². The summed E-state index contributed by atoms with van der Waals surface area (Å²) in [4.78, 5) is 14.0. The fourth-order valence-electron chi connectivity index (χ4n) is 5.84. The zero-order valence-electron chi connectivity index (χ0n) is 20.6. The SMILES string of the molecule is CCC1([C@@H](C)[C@H](O)[C@H]2CSC[C@H]([C@@H](OCOC)[C@@H]3CSCCC34OCCO4)C2=O)SCCCS1. The van der Waals surface area contributed by atoms with E-state index < -0.39 is 11.9 Å². The highest BCUT2D eigenvalue weighted by molar-refractivity contribution is 8.18. The molecule has 0 saturated carbocycles. The summed E-state index contributed by atoms with van der Waals surface area (Å²) in [5, 5.41) is 11.6. The van der Waals surface area contributed by atoms with Crippen LogP contribution in [0, 0.1) is 23.7 Å². The zero-order valence-corrected chi connectivity index (χ0v) is 23.8. The highest BCUT2D eigenvalue weighted by Crippen LogP contribution is 2.52. The van der Waals surface area contributed by atoms with Crippen molar-refractivity contribution in [2.45, 2.75) is 55.2 Å². The van der Waals surface area contributed by atoms with Crippen LogP contribution < -0.4 is 0 Å². The van der Waals surface area contributed by atoms with E-state index in [0.717, 1.165) is 35.9 Å². The maximum atomic E-state index is 14.0. The van der Waals surface area contributed by atoms with Crippen LogP contribution in [0.1, 0.15) is 33.1 Å². The Balaban J connectivity index is 1.54. The second kappa shape index (κ2) is 12.6. The summed E-state index contributed by atoms with van der Waals surface area (Å²) in [5.41, 5.74) is 0. The molecule has 0 radical (unpaired) electrons. The predicted octanol–water partition coefficient (Wildman–Crippen LogP) is 3.99. The summed E-state index contributed by atoms with van der Waals surface area (Å²) in [6.45, 7) is 5.65. The van der Waals surface area contributed by atoms with Crippen LogP contribution in [0.3, 0.4) is 0 Å². The maximum absolute atomic E-state index is 14.0. The summed E-state index contributed by atoms with van der Waals surface area (Å²) < 4.78 is 23.9. The Morgan fingerprint density at radius 3 is 2.47 bits per heavy atom. The van der Waals surface area contributed by atoms with E-state index in [0.29, 0.717) is 24.7 Å². The molecule has 1 spiro atoms. The summed E-state index contributed by atoms with van der Waals surface area (Å²) in [5.74, 6) is 4.21. The van der Waals surface area contributed by atoms with Crippen LogP contribution in [0.25, 0.3) is 0 Å². The monoisotopic (exact) mass is 552 g/mol. The van der Waals surface area contributed by atoms with Crippen molar-refractivity contribution in [1.82, 2.24) is 0 Å². The van der Waals surface area contributed by atoms with Gasteiger partial charge in [-0.15, -0.1) is 23.5 Å². The van der Waals surface area contributed by atoms with Gasteiger partial charge in [0.2, 0.25) is 0 Å². The zero-order chi connectivity index (χ0) is 24.2. The Kier molecular flexibility index (Phi) is 10.3. The molecule has 0 aromatic rings. The van der Waals surface area contributed by atoms with Crippen LogP contribution in [-0.2, 0) is 23.7 Å². The lowest BCUT2D eigenvalue weighted by Gasteiger charge is -2.47. The van der Waals surface area contributed by atoms with E-state index in [-0.39, 0.29) is 46.4 Å². The Morgan fingerprint density at radius 1 is 1.09 bits per heavy atom. The number of thioether (sulfide) groups is 4. The lowest BCUT2D eigenvalue weighted by molar-refractivity contribution is -0.234. The van der Waals surface area contributed by atoms with Crippen molar-refractivity contribution < 1.29 is 28.8 Å². The number of Topliss-reactive ketones (excluding diaryl/α,β-unsaturated/α-hetero) is 1. The standard InChI is InChI=1S/C24H40O6S4/c1-4-24(33-9-5-10-34-24)16(2)20(25)17-12-32-13-18(21(17)26)22(28-15-27-3)19-14-31-11-6-23(19)29-7-8-30-23/h16-20,22,25H,4-15H2,1-3H3/t16-,17+,18-,19-,20-,22+/m0/s1. The summed E-state index contributed by atoms with van der Waals surface area (Å²) in [7, 11) is 1.61. The van der Waals surface area contributed by atoms with Crippen LogP contribution in [-0.4, -0.2) is 94.6 Å². The van der Waals surface area contributed by atoms with Crippen molar-refractivity contribution >= 4 is 52.8 Å². The molecule has 196 valence electrons. The van der Waals surface area contributed by atoms with Gasteiger partial charge in [0.25, 0.3) is 0 Å². The van der Waals surface area contributed by atoms with Crippen LogP contribution in [0.5, 0.6) is 0 Å². The molecule has 6 nitrogen and oxygen atoms in total. The minimum Gasteiger partial charge on any atom is -0.392 e. The van der Waals surface area contributed by atoms with E-state index in [2.05, 4.69) is 13.8 Å². The second-order valence-corrected chi connectivity index (χ2v) is 15.0. The Hall–Kier alpha value is 0.870. The van der Waals surface area contributed by atoms with Crippen molar-refractivity contribution in [2.75, 3.05) is 61.6 Å². The first-order valence-electron chi connectivity index (χ1n) is 12.5. The number of aliphatic hydroxyl groups excluding tert-OH is 1. The molecular weight excluding hydrogens is 513 g/mol. The minimum atomic E-state index is -0.672. The molecule has 4 aliphatic heterocycles. The van der Waals surface area contributed by atoms with Gasteiger partial charge in [-0.25, -0.2) is 0 Å². The number of ether oxygens (including phenoxy) is 4. The normalized spacial score (nSPS) is 34.1. The molecule has 6 atom stereocenters. The van der Waals surface area contributed by atoms with Crippen LogP contribution in [0.15, 0.2) is 0 Å². The van der Waals surface area contributed by atoms with Crippen molar-refractivity contribution in [2.24, 2.45) is 23.7 Å². The predicted molar refractivity (Wildman–Crippen MR) is 144 cm³/mol. The molecule has 0 bridgehead atoms. The lowest BCUT2D eigenvalue weighted by Crippen LogP contribution is -2.57. The number of hydrogen-bond donors (Lipinski definition) is 1. The van der Waals surface area contributed by atoms with E-state index in [1.54, 1.807) is 18.9 Å². The van der Waals surface area contributed by atoms with Gasteiger partial charge in [0.1, 0.15) is 12.6 Å². The van der Waals surface area contributed by atoms with E-state index in [4.69, 9.17) is 18.9 Å². The molecule has 0 aliphatic carbocycles. The average Bonchev–Trinajstić information content (AvgIpc) is 3.34. The number of ketones is 1. The summed E-state index contributed by atoms with van der Waals surface area (Å²) in [6.07, 6.45) is 2.00. The first-order chi connectivity index (χ1) is 16.5. The summed E-state index contributed by atoms with van der Waals surface area (Å²) in [6, 6.07) is 0. The molecule has 10 heteroatoms. The van der Waals surface area contributed by atoms with Crippen LogP contribution in [0.2, 0.25) is 0 Å². The van der Waals surface area contributed by atoms with Crippen LogP contribution >= 0.6 is 47.0 Å². The third-order valence-corrected chi connectivity index (χ3v) is 14.1. The average molecular weight is 553 g/mol. The quantitative estimate of drug-likeness (QED) is 0.424. The molecule has 4 rings (SSSR count). The fraction of sp³-hybridized carbons (Fsp3) is 0.958. The van der Waals surface area contributed by atoms with Crippen molar-refractivity contribution in [1.29, 1.82) is 0 Å². The number of aliphatic hydroxyl groups is 1. The van der Waals surface area contributed by atoms with Gasteiger partial charge in [-0.05, 0) is 30.1 Å². The molecule has 34 heavy (non-hydrogen) atoms. The summed E-state index contributed by atoms with van der Waals surface area (Å²) >= 11 is 7.58. The topological polar surface area (TPSA) is 74.2 Å². The molecule has 1 N–H and O–H groups in total. The van der Waals surface area contributed by atoms with Gasteiger partial charge in [-0.1, -0.05) is 13.8 Å². The molecule has 4 fully saturated rings. The van der Waals surface area contributed by atoms with Gasteiger partial charge in [-0.2, -0.15) is 23.5 Å². The van der Waals surface area contributed by atoms with Crippen molar-refractivity contribution in [3.63, 3.8) is 0 Å². The van der Waals surface area contributed by atoms with Gasteiger partial charge in [0, 0.05) is 42.6 Å². The fourth-order valence-corrected chi connectivity index (χ4v) is 12.0. The molecule has 0 amide bonds. The Labute approximate surface area is 221 Å². The van der Waals surface area contributed by atoms with Crippen molar-refractivity contribution in [3.05, 3.63) is 0 Å². The van der Waals surface area contributed by atoms with E-state index >= 15 is 0 Å². The van der Waals surface area contributed by atoms with E-state index in [1.807, 2.05) is 35.3 Å². The van der Waals surface area contributed by atoms with Crippen molar-refractivity contribution in [3.8, 4) is 0 Å². The van der Waals surface area contributed by atoms with Crippen LogP contribution in [0.4, 0.5) is 0 Å². The maximum Gasteiger partial charge on any atom is 0.175 e. The van der Waals surface area contributed by atoms with Gasteiger partial charge in [-0.3, -0.25) is 4.79 Å². The number of rotatable bonds is 9. The largest absolute Gasteiger partial charge is 0.392 e. The molecule has 0 aromatic carbocycles. The molecule has 0 aromatic heterocycles. The molecule has 4 aliphatic rings. The Bertz CT molecular complexity index is 670. The van der Waals surface area contributed by atoms with Gasteiger partial charge < -0.3 is 24.1 Å². The highest BCUT2D eigenvalue weighted by Gasteiger charge is 2.55. The highest BCUT2D eigenvalue weighted by atomic mass is 32.2. The molecule has 4 saturated heterocycles. The number of carbonyl (C=O) groups excluding carboxylic acids is 1. The molecule has 0 unspecified atom stereocenters. The lowest BCUT2D eigenvalue weighted by atomic mass is 9.77. The number of methoxy groups -OCH3 is 1. The van der Waals surface area contributed by atoms with E-state index in [9.17, 15) is 9.90 Å². The first kappa shape index (κ1) is 27.9. The molecular formula is C24H40O6S4. The smallest absolute Gasteiger partial charge is 0.175 e. The number of hydrogen-bond acceptors (Lipinski definition) is 10. The third-order valence-electron chi connectivity index (χ3n) is 7.82. The van der Waals surface area contributed by atoms with E-state index in [1.165, 1.54) is 6.42 Å². The second-order valence-electron chi connectivity index (χ2n) is 9.63. The first-order valence-corrected chi connectivity index (χ1v) is 16.8. The Morgan fingerprint density at radius 2 is 1.79 bits per heavy atom. The number of carbonyl (C=O) groups is 1. The van der Waals surface area contributed by atoms with Gasteiger partial charge in [0.05, 0.1) is 41.3 Å². The molecule has 4 heterocycles. The third kappa shape index (κ3) is 5.65.